The molecule has 8 aliphatic carbocycles. The summed E-state index contributed by atoms with van der Waals surface area (Å²) in [5.74, 6) is 4.98. The number of esters is 2. The van der Waals surface area contributed by atoms with Gasteiger partial charge in [0.25, 0.3) is 0 Å². The van der Waals surface area contributed by atoms with Gasteiger partial charge in [-0.25, -0.2) is 0 Å². The van der Waals surface area contributed by atoms with E-state index in [-0.39, 0.29) is 45.8 Å². The summed E-state index contributed by atoms with van der Waals surface area (Å²) in [7, 11) is 0. The summed E-state index contributed by atoms with van der Waals surface area (Å²) in [4.78, 5) is 49.4. The van der Waals surface area contributed by atoms with Crippen molar-refractivity contribution in [2.45, 2.75) is 266 Å². The number of allylic oxidation sites excluding steroid dienone is 2. The van der Waals surface area contributed by atoms with Gasteiger partial charge in [0, 0.05) is 36.5 Å². The van der Waals surface area contributed by atoms with Crippen LogP contribution in [0.5, 0.6) is 0 Å². The summed E-state index contributed by atoms with van der Waals surface area (Å²) >= 11 is 0. The second-order valence-electron chi connectivity index (χ2n) is 24.2. The Morgan fingerprint density at radius 1 is 0.462 bits per heavy atom. The Hall–Kier alpha value is -2.24. The van der Waals surface area contributed by atoms with Crippen LogP contribution < -0.4 is 0 Å². The first-order valence-corrected chi connectivity index (χ1v) is 28.1. The summed E-state index contributed by atoms with van der Waals surface area (Å²) in [5.41, 5.74) is 3.63. The molecule has 0 aromatic heterocycles. The van der Waals surface area contributed by atoms with Crippen LogP contribution in [0.2, 0.25) is 0 Å². The molecule has 6 saturated carbocycles. The highest BCUT2D eigenvalue weighted by molar-refractivity contribution is 5.92. The predicted octanol–water partition coefficient (Wildman–Crippen LogP) is 15.5. The molecule has 8 aliphatic rings. The van der Waals surface area contributed by atoms with Crippen LogP contribution in [0.4, 0.5) is 0 Å². The van der Waals surface area contributed by atoms with E-state index in [0.29, 0.717) is 48.1 Å². The second-order valence-corrected chi connectivity index (χ2v) is 24.2. The summed E-state index contributed by atoms with van der Waals surface area (Å²) in [6.45, 7) is 14.2. The quantitative estimate of drug-likeness (QED) is 0.0948. The maximum atomic E-state index is 12.7. The molecule has 65 heavy (non-hydrogen) atoms. The van der Waals surface area contributed by atoms with Gasteiger partial charge in [-0.2, -0.15) is 0 Å². The number of carbonyl (C=O) groups is 4. The van der Waals surface area contributed by atoms with Gasteiger partial charge in [-0.15, -0.1) is 0 Å². The number of fused-ring (bicyclic) bond motifs is 10. The Labute approximate surface area is 396 Å². The molecule has 6 heteroatoms. The molecule has 6 nitrogen and oxygen atoms in total. The van der Waals surface area contributed by atoms with Gasteiger partial charge in [0.15, 0.2) is 11.6 Å². The molecule has 0 unspecified atom stereocenters. The third-order valence-electron chi connectivity index (χ3n) is 20.5. The minimum atomic E-state index is 0.0409. The molecule has 0 heterocycles. The predicted molar refractivity (Wildman–Crippen MR) is 263 cm³/mol. The van der Waals surface area contributed by atoms with Crippen molar-refractivity contribution in [2.75, 3.05) is 0 Å². The van der Waals surface area contributed by atoms with Gasteiger partial charge in [-0.3, -0.25) is 19.2 Å². The molecule has 366 valence electrons. The normalized spacial score (nSPS) is 38.1. The maximum absolute atomic E-state index is 12.7. The van der Waals surface area contributed by atoms with Crippen molar-refractivity contribution < 1.29 is 28.7 Å². The average molecular weight is 899 g/mol. The second kappa shape index (κ2) is 22.5. The molecular formula is C59H94O6. The lowest BCUT2D eigenvalue weighted by molar-refractivity contribution is -0.160. The van der Waals surface area contributed by atoms with Crippen molar-refractivity contribution in [2.24, 2.45) is 57.2 Å². The molecule has 0 radical (unpaired) electrons. The van der Waals surface area contributed by atoms with Crippen molar-refractivity contribution in [1.29, 1.82) is 0 Å². The number of hydrogen-bond donors (Lipinski definition) is 0. The molecule has 8 rings (SSSR count). The smallest absolute Gasteiger partial charge is 0.306 e. The standard InChI is InChI=1S/C30H48O3.C29H46O3/c1-4-5-6-7-8-9-10-11-12-28(32)33-27-16-15-25-24-14-13-22-21-23(31)17-19-29(22,2)26(24)18-20-30(25,27)3;1-4-5-6-7-8-9-10-11-27(31)32-26-15-14-24-23-13-12-21-20-22(30)16-18-28(21,2)25(23)17-19-29(24,26)3/h21,24-27H,4-20H2,1-3H3;20,23-26H,4-19H2,1-3H3/t24-,25-,26-,27-,29-,30-;23-,24-,25-,26-,28-,29-/m00/s1. The van der Waals surface area contributed by atoms with Crippen LogP contribution in [-0.2, 0) is 28.7 Å². The van der Waals surface area contributed by atoms with Crippen LogP contribution >= 0.6 is 0 Å². The Bertz CT molecular complexity index is 1710. The Morgan fingerprint density at radius 3 is 1.22 bits per heavy atom. The van der Waals surface area contributed by atoms with Crippen LogP contribution in [0.25, 0.3) is 0 Å². The first-order valence-electron chi connectivity index (χ1n) is 28.1. The third kappa shape index (κ3) is 11.1. The molecule has 6 fully saturated rings. The van der Waals surface area contributed by atoms with Crippen molar-refractivity contribution in [3.63, 3.8) is 0 Å². The van der Waals surface area contributed by atoms with Crippen LogP contribution in [0.15, 0.2) is 23.3 Å². The number of carbonyl (C=O) groups excluding carboxylic acids is 4. The molecule has 0 N–H and O–H groups in total. The highest BCUT2D eigenvalue weighted by atomic mass is 16.5. The lowest BCUT2D eigenvalue weighted by Gasteiger charge is -2.57. The monoisotopic (exact) mass is 899 g/mol. The minimum absolute atomic E-state index is 0.0409. The van der Waals surface area contributed by atoms with Crippen molar-refractivity contribution in [3.05, 3.63) is 23.3 Å². The fraction of sp³-hybridized carbons (Fsp3) is 0.864. The molecular weight excluding hydrogens is 805 g/mol. The first-order chi connectivity index (χ1) is 31.3. The zero-order valence-corrected chi connectivity index (χ0v) is 42.6. The zero-order valence-electron chi connectivity index (χ0n) is 42.6. The minimum Gasteiger partial charge on any atom is -0.462 e. The van der Waals surface area contributed by atoms with Crippen LogP contribution in [0.1, 0.15) is 253 Å². The van der Waals surface area contributed by atoms with E-state index < -0.39 is 0 Å². The number of unbranched alkanes of at least 4 members (excludes halogenated alkanes) is 13. The van der Waals surface area contributed by atoms with Crippen molar-refractivity contribution >= 4 is 23.5 Å². The van der Waals surface area contributed by atoms with Crippen LogP contribution in [0.3, 0.4) is 0 Å². The van der Waals surface area contributed by atoms with Gasteiger partial charge in [0.05, 0.1) is 0 Å². The van der Waals surface area contributed by atoms with E-state index in [2.05, 4.69) is 41.5 Å². The SMILES string of the molecule is CCCCCCCCCC(=O)O[C@H]1CC[C@H]2[C@@H]3CCC4=CC(=O)CC[C@]4(C)[C@H]3CC[C@]12C.CCCCCCCCCCC(=O)O[C@H]1CC[C@H]2[C@@H]3CCC4=CC(=O)CC[C@]4(C)[C@H]3CC[C@]12C. The first kappa shape index (κ1) is 50.6. The zero-order chi connectivity index (χ0) is 46.2. The largest absolute Gasteiger partial charge is 0.462 e. The van der Waals surface area contributed by atoms with E-state index in [9.17, 15) is 19.2 Å². The fourth-order valence-electron chi connectivity index (χ4n) is 16.5. The van der Waals surface area contributed by atoms with Gasteiger partial charge >= 0.3 is 11.9 Å². The Balaban J connectivity index is 0.000000194. The van der Waals surface area contributed by atoms with Crippen LogP contribution in [0, 0.1) is 57.2 Å². The molecule has 0 bridgehead atoms. The van der Waals surface area contributed by atoms with Gasteiger partial charge in [0.1, 0.15) is 12.2 Å². The lowest BCUT2D eigenvalue weighted by atomic mass is 9.47. The molecule has 0 amide bonds. The van der Waals surface area contributed by atoms with E-state index in [0.717, 1.165) is 88.9 Å². The topological polar surface area (TPSA) is 86.7 Å². The maximum Gasteiger partial charge on any atom is 0.306 e. The Morgan fingerprint density at radius 2 is 0.831 bits per heavy atom. The average Bonchev–Trinajstić information content (AvgIpc) is 3.80. The number of ether oxygens (including phenoxy) is 2. The summed E-state index contributed by atoms with van der Waals surface area (Å²) in [6, 6.07) is 0. The summed E-state index contributed by atoms with van der Waals surface area (Å²) in [5, 5.41) is 0. The van der Waals surface area contributed by atoms with Gasteiger partial charge in [-0.1, -0.05) is 136 Å². The summed E-state index contributed by atoms with van der Waals surface area (Å²) < 4.78 is 12.3. The molecule has 0 spiro atoms. The molecule has 0 aliphatic heterocycles. The number of rotatable bonds is 19. The fourth-order valence-corrected chi connectivity index (χ4v) is 16.5. The van der Waals surface area contributed by atoms with E-state index in [4.69, 9.17) is 9.47 Å². The van der Waals surface area contributed by atoms with E-state index >= 15 is 0 Å². The van der Waals surface area contributed by atoms with Crippen molar-refractivity contribution in [3.8, 4) is 0 Å². The van der Waals surface area contributed by atoms with E-state index in [1.807, 2.05) is 12.2 Å². The molecule has 0 saturated heterocycles. The highest BCUT2D eigenvalue weighted by Crippen LogP contribution is 2.67. The molecule has 0 aromatic carbocycles. The lowest BCUT2D eigenvalue weighted by Crippen LogP contribution is -2.51. The third-order valence-corrected chi connectivity index (χ3v) is 20.5. The molecule has 12 atom stereocenters. The molecule has 0 aromatic rings. The van der Waals surface area contributed by atoms with Crippen molar-refractivity contribution in [1.82, 2.24) is 0 Å². The van der Waals surface area contributed by atoms with Gasteiger partial charge in [0.2, 0.25) is 0 Å². The number of ketones is 2. The van der Waals surface area contributed by atoms with E-state index in [1.54, 1.807) is 0 Å². The Kier molecular flexibility index (Phi) is 17.5. The highest BCUT2D eigenvalue weighted by Gasteiger charge is 2.61. The van der Waals surface area contributed by atoms with Gasteiger partial charge in [-0.05, 0) is 161 Å². The van der Waals surface area contributed by atoms with E-state index in [1.165, 1.54) is 133 Å². The van der Waals surface area contributed by atoms with Gasteiger partial charge < -0.3 is 9.47 Å². The summed E-state index contributed by atoms with van der Waals surface area (Å²) in [6.07, 6.45) is 41.6. The van der Waals surface area contributed by atoms with Crippen LogP contribution in [-0.4, -0.2) is 35.7 Å². The number of hydrogen-bond acceptors (Lipinski definition) is 6.